The number of hydrogen-bond acceptors (Lipinski definition) is 5. The number of nitrogens with two attached hydrogens (primary N) is 1. The molecule has 1 aliphatic heterocycles. The van der Waals surface area contributed by atoms with Crippen molar-refractivity contribution in [3.63, 3.8) is 0 Å². The first-order valence-electron chi connectivity index (χ1n) is 10.0. The third-order valence-electron chi connectivity index (χ3n) is 5.58. The van der Waals surface area contributed by atoms with E-state index < -0.39 is 11.9 Å². The molecule has 0 saturated carbocycles. The van der Waals surface area contributed by atoms with Gasteiger partial charge in [-0.05, 0) is 36.1 Å². The molecule has 4 rings (SSSR count). The van der Waals surface area contributed by atoms with Crippen molar-refractivity contribution in [3.05, 3.63) is 92.5 Å². The van der Waals surface area contributed by atoms with Crippen molar-refractivity contribution in [2.45, 2.75) is 31.6 Å². The van der Waals surface area contributed by atoms with Crippen LogP contribution in [0, 0.1) is 0 Å². The summed E-state index contributed by atoms with van der Waals surface area (Å²) in [5, 5.41) is 0.780. The monoisotopic (exact) mass is 457 g/mol. The second kappa shape index (κ2) is 8.77. The fraction of sp³-hybridized carbons (Fsp3) is 0.250. The standard InChI is InChI=1S/C24H21Cl2NO4/c1-2-30-24(29)22-20(16-9-8-15(25)12-17(16)26)21-18(28)10-14(11-19(21)31-23(22)27)13-6-4-3-5-7-13/h3-9,12,14,20H,2,10-11,27H2,1H3/t14-,20+/m1/s1. The molecule has 2 N–H and O–H groups in total. The minimum Gasteiger partial charge on any atom is -0.462 e. The van der Waals surface area contributed by atoms with Gasteiger partial charge < -0.3 is 15.2 Å². The summed E-state index contributed by atoms with van der Waals surface area (Å²) in [4.78, 5) is 26.2. The van der Waals surface area contributed by atoms with Crippen LogP contribution in [0.5, 0.6) is 0 Å². The lowest BCUT2D eigenvalue weighted by molar-refractivity contribution is -0.139. The number of esters is 1. The zero-order chi connectivity index (χ0) is 22.1. The Kier molecular flexibility index (Phi) is 6.08. The first-order valence-corrected chi connectivity index (χ1v) is 10.8. The topological polar surface area (TPSA) is 78.6 Å². The van der Waals surface area contributed by atoms with Crippen molar-refractivity contribution < 1.29 is 19.1 Å². The highest BCUT2D eigenvalue weighted by Gasteiger charge is 2.44. The number of benzene rings is 2. The summed E-state index contributed by atoms with van der Waals surface area (Å²) in [5.74, 6) is -1.18. The Morgan fingerprint density at radius 1 is 1.16 bits per heavy atom. The quantitative estimate of drug-likeness (QED) is 0.634. The summed E-state index contributed by atoms with van der Waals surface area (Å²) in [6, 6.07) is 14.7. The zero-order valence-electron chi connectivity index (χ0n) is 16.9. The highest BCUT2D eigenvalue weighted by atomic mass is 35.5. The number of ketones is 1. The van der Waals surface area contributed by atoms with Crippen molar-refractivity contribution in [2.24, 2.45) is 5.73 Å². The Morgan fingerprint density at radius 2 is 1.90 bits per heavy atom. The van der Waals surface area contributed by atoms with E-state index in [2.05, 4.69) is 0 Å². The lowest BCUT2D eigenvalue weighted by Crippen LogP contribution is -2.33. The second-order valence-electron chi connectivity index (χ2n) is 7.48. The van der Waals surface area contributed by atoms with Crippen molar-refractivity contribution >= 4 is 35.0 Å². The molecule has 7 heteroatoms. The van der Waals surface area contributed by atoms with Gasteiger partial charge in [-0.3, -0.25) is 4.79 Å². The molecule has 0 bridgehead atoms. The Labute approximate surface area is 190 Å². The van der Waals surface area contributed by atoms with E-state index in [1.54, 1.807) is 25.1 Å². The minimum absolute atomic E-state index is 0.0364. The zero-order valence-corrected chi connectivity index (χ0v) is 18.4. The molecule has 0 saturated heterocycles. The van der Waals surface area contributed by atoms with E-state index in [1.165, 1.54) is 0 Å². The Bertz CT molecular complexity index is 1110. The van der Waals surface area contributed by atoms with Crippen LogP contribution in [0.4, 0.5) is 0 Å². The highest BCUT2D eigenvalue weighted by molar-refractivity contribution is 6.35. The normalized spacial score (nSPS) is 20.9. The van der Waals surface area contributed by atoms with E-state index >= 15 is 0 Å². The molecule has 2 atom stereocenters. The summed E-state index contributed by atoms with van der Waals surface area (Å²) >= 11 is 12.6. The van der Waals surface area contributed by atoms with Gasteiger partial charge in [0.2, 0.25) is 5.88 Å². The number of Topliss-reactive ketones (excluding diaryl/α,β-unsaturated/α-hetero) is 1. The molecular weight excluding hydrogens is 437 g/mol. The Balaban J connectivity index is 1.84. The average Bonchev–Trinajstić information content (AvgIpc) is 2.73. The van der Waals surface area contributed by atoms with Crippen LogP contribution in [0.2, 0.25) is 10.0 Å². The Morgan fingerprint density at radius 3 is 2.58 bits per heavy atom. The molecule has 2 aliphatic rings. The van der Waals surface area contributed by atoms with E-state index in [0.717, 1.165) is 5.56 Å². The van der Waals surface area contributed by atoms with Crippen LogP contribution < -0.4 is 5.73 Å². The lowest BCUT2D eigenvalue weighted by atomic mass is 9.73. The molecule has 1 heterocycles. The number of halogens is 2. The van der Waals surface area contributed by atoms with Crippen molar-refractivity contribution in [3.8, 4) is 0 Å². The van der Waals surface area contributed by atoms with Gasteiger partial charge in [0, 0.05) is 28.5 Å². The largest absolute Gasteiger partial charge is 0.462 e. The maximum Gasteiger partial charge on any atom is 0.340 e. The van der Waals surface area contributed by atoms with E-state index in [1.807, 2.05) is 30.3 Å². The number of allylic oxidation sites excluding steroid dienone is 2. The molecule has 0 amide bonds. The second-order valence-corrected chi connectivity index (χ2v) is 8.32. The van der Waals surface area contributed by atoms with Crippen LogP contribution in [0.1, 0.15) is 42.7 Å². The summed E-state index contributed by atoms with van der Waals surface area (Å²) in [7, 11) is 0. The number of ether oxygens (including phenoxy) is 2. The first-order chi connectivity index (χ1) is 14.9. The molecule has 1 aliphatic carbocycles. The van der Waals surface area contributed by atoms with Crippen molar-refractivity contribution in [1.29, 1.82) is 0 Å². The molecular formula is C24H21Cl2NO4. The van der Waals surface area contributed by atoms with Gasteiger partial charge in [0.15, 0.2) is 5.78 Å². The SMILES string of the molecule is CCOC(=O)C1=C(N)OC2=C(C(=O)C[C@@H](c3ccccc3)C2)[C@@H]1c1ccc(Cl)cc1Cl. The number of hydrogen-bond donors (Lipinski definition) is 1. The van der Waals surface area contributed by atoms with Crippen LogP contribution in [0.15, 0.2) is 71.3 Å². The van der Waals surface area contributed by atoms with E-state index in [4.69, 9.17) is 38.4 Å². The van der Waals surface area contributed by atoms with Gasteiger partial charge in [-0.25, -0.2) is 4.79 Å². The maximum atomic E-state index is 13.4. The average molecular weight is 458 g/mol. The highest BCUT2D eigenvalue weighted by Crippen LogP contribution is 2.48. The fourth-order valence-electron chi connectivity index (χ4n) is 4.22. The van der Waals surface area contributed by atoms with E-state index in [0.29, 0.717) is 39.8 Å². The number of rotatable bonds is 4. The summed E-state index contributed by atoms with van der Waals surface area (Å²) in [6.45, 7) is 1.86. The van der Waals surface area contributed by atoms with Crippen molar-refractivity contribution in [1.82, 2.24) is 0 Å². The van der Waals surface area contributed by atoms with Gasteiger partial charge in [0.1, 0.15) is 11.3 Å². The first kappa shape index (κ1) is 21.5. The summed E-state index contributed by atoms with van der Waals surface area (Å²) < 4.78 is 11.1. The van der Waals surface area contributed by atoms with Gasteiger partial charge >= 0.3 is 5.97 Å². The number of carbonyl (C=O) groups excluding carboxylic acids is 2. The predicted octanol–water partition coefficient (Wildman–Crippen LogP) is 5.24. The van der Waals surface area contributed by atoms with Gasteiger partial charge in [-0.1, -0.05) is 59.6 Å². The van der Waals surface area contributed by atoms with Gasteiger partial charge in [-0.15, -0.1) is 0 Å². The van der Waals surface area contributed by atoms with E-state index in [9.17, 15) is 9.59 Å². The molecule has 0 fully saturated rings. The molecule has 0 aromatic heterocycles. The molecule has 2 aromatic rings. The van der Waals surface area contributed by atoms with Crippen LogP contribution in [-0.2, 0) is 19.1 Å². The van der Waals surface area contributed by atoms with Gasteiger partial charge in [-0.2, -0.15) is 0 Å². The third-order valence-corrected chi connectivity index (χ3v) is 6.14. The molecule has 160 valence electrons. The molecule has 0 spiro atoms. The molecule has 5 nitrogen and oxygen atoms in total. The maximum absolute atomic E-state index is 13.4. The third kappa shape index (κ3) is 4.08. The van der Waals surface area contributed by atoms with Crippen LogP contribution in [0.3, 0.4) is 0 Å². The van der Waals surface area contributed by atoms with E-state index in [-0.39, 0.29) is 29.8 Å². The van der Waals surface area contributed by atoms with Gasteiger partial charge in [0.25, 0.3) is 0 Å². The molecule has 31 heavy (non-hydrogen) atoms. The van der Waals surface area contributed by atoms with Gasteiger partial charge in [0.05, 0.1) is 12.5 Å². The predicted molar refractivity (Wildman–Crippen MR) is 119 cm³/mol. The minimum atomic E-state index is -0.781. The summed E-state index contributed by atoms with van der Waals surface area (Å²) in [5.41, 5.74) is 8.28. The number of carbonyl (C=O) groups is 2. The molecule has 2 aromatic carbocycles. The summed E-state index contributed by atoms with van der Waals surface area (Å²) in [6.07, 6.45) is 0.785. The molecule has 0 unspecified atom stereocenters. The fourth-order valence-corrected chi connectivity index (χ4v) is 4.74. The van der Waals surface area contributed by atoms with Crippen LogP contribution >= 0.6 is 23.2 Å². The smallest absolute Gasteiger partial charge is 0.340 e. The van der Waals surface area contributed by atoms with Crippen molar-refractivity contribution in [2.75, 3.05) is 6.61 Å². The van der Waals surface area contributed by atoms with Crippen LogP contribution in [-0.4, -0.2) is 18.4 Å². The lowest BCUT2D eigenvalue weighted by Gasteiger charge is -2.35. The molecule has 0 radical (unpaired) electrons. The Hall–Kier alpha value is -2.76. The van der Waals surface area contributed by atoms with Crippen LogP contribution in [0.25, 0.3) is 0 Å².